The normalized spacial score (nSPS) is 18.0. The Morgan fingerprint density at radius 3 is 2.70 bits per heavy atom. The summed E-state index contributed by atoms with van der Waals surface area (Å²) in [5.74, 6) is 0.0105. The number of hydrogen-bond acceptors (Lipinski definition) is 4. The van der Waals surface area contributed by atoms with Crippen molar-refractivity contribution in [3.63, 3.8) is 0 Å². The molecule has 23 heavy (non-hydrogen) atoms. The van der Waals surface area contributed by atoms with E-state index in [4.69, 9.17) is 0 Å². The van der Waals surface area contributed by atoms with Gasteiger partial charge in [-0.05, 0) is 31.5 Å². The van der Waals surface area contributed by atoms with Crippen molar-refractivity contribution in [1.29, 1.82) is 0 Å². The lowest BCUT2D eigenvalue weighted by Gasteiger charge is -2.28. The largest absolute Gasteiger partial charge is 0.338 e. The second-order valence-electron chi connectivity index (χ2n) is 5.69. The number of nitrogens with zero attached hydrogens (tertiary/aromatic N) is 1. The summed E-state index contributed by atoms with van der Waals surface area (Å²) in [5, 5.41) is 3.26. The number of benzene rings is 1. The number of hydrogen-bond donors (Lipinski definition) is 2. The van der Waals surface area contributed by atoms with E-state index in [1.165, 1.54) is 12.1 Å². The molecule has 2 rings (SSSR count). The Labute approximate surface area is 138 Å². The van der Waals surface area contributed by atoms with Crippen molar-refractivity contribution in [1.82, 2.24) is 14.9 Å². The summed E-state index contributed by atoms with van der Waals surface area (Å²) in [4.78, 5) is 14.5. The van der Waals surface area contributed by atoms with Crippen LogP contribution in [0.3, 0.4) is 0 Å². The molecule has 6 nitrogen and oxygen atoms in total. The molecule has 1 unspecified atom stereocenters. The van der Waals surface area contributed by atoms with Crippen molar-refractivity contribution in [3.05, 3.63) is 30.3 Å². The SMILES string of the molecule is CCCN(C(=O)CCNS(=O)(=O)c1ccccc1)C1CCNC1. The van der Waals surface area contributed by atoms with E-state index in [1.807, 2.05) is 11.8 Å². The van der Waals surface area contributed by atoms with Crippen molar-refractivity contribution in [2.45, 2.75) is 37.1 Å². The summed E-state index contributed by atoms with van der Waals surface area (Å²) < 4.78 is 26.7. The zero-order valence-electron chi connectivity index (χ0n) is 13.5. The Kier molecular flexibility index (Phi) is 6.56. The summed E-state index contributed by atoms with van der Waals surface area (Å²) in [6.45, 7) is 4.63. The van der Waals surface area contributed by atoms with E-state index in [0.29, 0.717) is 0 Å². The molecule has 0 bridgehead atoms. The molecule has 1 aliphatic heterocycles. The molecule has 0 spiro atoms. The van der Waals surface area contributed by atoms with Gasteiger partial charge in [-0.25, -0.2) is 13.1 Å². The highest BCUT2D eigenvalue weighted by Crippen LogP contribution is 2.11. The van der Waals surface area contributed by atoms with Crippen LogP contribution in [0.4, 0.5) is 0 Å². The maximum Gasteiger partial charge on any atom is 0.240 e. The van der Waals surface area contributed by atoms with Crippen LogP contribution < -0.4 is 10.0 Å². The van der Waals surface area contributed by atoms with Crippen molar-refractivity contribution in [2.75, 3.05) is 26.2 Å². The van der Waals surface area contributed by atoms with E-state index in [-0.39, 0.29) is 29.8 Å². The number of sulfonamides is 1. The molecule has 0 saturated carbocycles. The van der Waals surface area contributed by atoms with Crippen LogP contribution in [0.5, 0.6) is 0 Å². The van der Waals surface area contributed by atoms with E-state index in [1.54, 1.807) is 18.2 Å². The molecule has 128 valence electrons. The first kappa shape index (κ1) is 17.9. The standard InChI is InChI=1S/C16H25N3O3S/c1-2-12-19(14-8-10-17-13-14)16(20)9-11-18-23(21,22)15-6-4-3-5-7-15/h3-7,14,17-18H,2,8-13H2,1H3. The summed E-state index contributed by atoms with van der Waals surface area (Å²) >= 11 is 0. The van der Waals surface area contributed by atoms with Crippen LogP contribution in [-0.4, -0.2) is 51.4 Å². The van der Waals surface area contributed by atoms with Gasteiger partial charge in [0.15, 0.2) is 0 Å². The Morgan fingerprint density at radius 1 is 1.35 bits per heavy atom. The second kappa shape index (κ2) is 8.42. The van der Waals surface area contributed by atoms with Gasteiger partial charge in [0.2, 0.25) is 15.9 Å². The van der Waals surface area contributed by atoms with E-state index in [0.717, 1.165) is 32.5 Å². The van der Waals surface area contributed by atoms with Crippen LogP contribution in [0.25, 0.3) is 0 Å². The maximum atomic E-state index is 12.4. The highest BCUT2D eigenvalue weighted by Gasteiger charge is 2.25. The predicted octanol–water partition coefficient (Wildman–Crippen LogP) is 0.955. The number of carbonyl (C=O) groups excluding carboxylic acids is 1. The van der Waals surface area contributed by atoms with E-state index < -0.39 is 10.0 Å². The summed E-state index contributed by atoms with van der Waals surface area (Å²) in [6, 6.07) is 8.43. The molecule has 0 aromatic heterocycles. The fourth-order valence-corrected chi connectivity index (χ4v) is 3.83. The molecule has 1 fully saturated rings. The smallest absolute Gasteiger partial charge is 0.240 e. The Hall–Kier alpha value is -1.44. The van der Waals surface area contributed by atoms with Crippen molar-refractivity contribution >= 4 is 15.9 Å². The van der Waals surface area contributed by atoms with Gasteiger partial charge in [-0.3, -0.25) is 4.79 Å². The lowest BCUT2D eigenvalue weighted by atomic mass is 10.2. The molecule has 7 heteroatoms. The Balaban J connectivity index is 1.87. The van der Waals surface area contributed by atoms with Gasteiger partial charge in [-0.1, -0.05) is 25.1 Å². The van der Waals surface area contributed by atoms with Gasteiger partial charge in [0.25, 0.3) is 0 Å². The van der Waals surface area contributed by atoms with Gasteiger partial charge in [-0.2, -0.15) is 0 Å². The predicted molar refractivity (Wildman–Crippen MR) is 89.5 cm³/mol. The number of amides is 1. The molecule has 1 heterocycles. The van der Waals surface area contributed by atoms with Gasteiger partial charge < -0.3 is 10.2 Å². The monoisotopic (exact) mass is 339 g/mol. The number of nitrogens with one attached hydrogen (secondary N) is 2. The molecule has 0 aliphatic carbocycles. The van der Waals surface area contributed by atoms with Crippen LogP contribution >= 0.6 is 0 Å². The van der Waals surface area contributed by atoms with E-state index >= 15 is 0 Å². The average Bonchev–Trinajstić information content (AvgIpc) is 3.07. The van der Waals surface area contributed by atoms with Crippen molar-refractivity contribution < 1.29 is 13.2 Å². The lowest BCUT2D eigenvalue weighted by molar-refractivity contribution is -0.133. The van der Waals surface area contributed by atoms with Crippen molar-refractivity contribution in [3.8, 4) is 0 Å². The maximum absolute atomic E-state index is 12.4. The first-order valence-corrected chi connectivity index (χ1v) is 9.58. The quantitative estimate of drug-likeness (QED) is 0.739. The fourth-order valence-electron chi connectivity index (χ4n) is 2.78. The van der Waals surface area contributed by atoms with Crippen LogP contribution in [0.1, 0.15) is 26.2 Å². The second-order valence-corrected chi connectivity index (χ2v) is 7.46. The lowest BCUT2D eigenvalue weighted by Crippen LogP contribution is -2.43. The minimum absolute atomic E-state index is 0.0105. The highest BCUT2D eigenvalue weighted by molar-refractivity contribution is 7.89. The van der Waals surface area contributed by atoms with E-state index in [9.17, 15) is 13.2 Å². The van der Waals surface area contributed by atoms with Crippen molar-refractivity contribution in [2.24, 2.45) is 0 Å². The van der Waals surface area contributed by atoms with Gasteiger partial charge >= 0.3 is 0 Å². The molecular weight excluding hydrogens is 314 g/mol. The summed E-state index contributed by atoms with van der Waals surface area (Å²) in [7, 11) is -3.55. The van der Waals surface area contributed by atoms with Gasteiger partial charge in [0.05, 0.1) is 4.90 Å². The van der Waals surface area contributed by atoms with Crippen LogP contribution in [0.2, 0.25) is 0 Å². The molecule has 1 aromatic rings. The third-order valence-electron chi connectivity index (χ3n) is 3.94. The third-order valence-corrected chi connectivity index (χ3v) is 5.42. The molecule has 0 radical (unpaired) electrons. The van der Waals surface area contributed by atoms with E-state index in [2.05, 4.69) is 10.0 Å². The Morgan fingerprint density at radius 2 is 2.09 bits per heavy atom. The molecular formula is C16H25N3O3S. The highest BCUT2D eigenvalue weighted by atomic mass is 32.2. The zero-order valence-corrected chi connectivity index (χ0v) is 14.3. The molecule has 2 N–H and O–H groups in total. The molecule has 1 aromatic carbocycles. The molecule has 1 atom stereocenters. The van der Waals surface area contributed by atoms with Crippen LogP contribution in [0.15, 0.2) is 35.2 Å². The van der Waals surface area contributed by atoms with Crippen LogP contribution in [-0.2, 0) is 14.8 Å². The number of carbonyl (C=O) groups is 1. The third kappa shape index (κ3) is 5.02. The zero-order chi connectivity index (χ0) is 16.7. The first-order valence-electron chi connectivity index (χ1n) is 8.09. The average molecular weight is 339 g/mol. The first-order chi connectivity index (χ1) is 11.0. The van der Waals surface area contributed by atoms with Crippen LogP contribution in [0, 0.1) is 0 Å². The van der Waals surface area contributed by atoms with Gasteiger partial charge in [0.1, 0.15) is 0 Å². The Bertz CT molecular complexity index is 598. The minimum atomic E-state index is -3.55. The minimum Gasteiger partial charge on any atom is -0.338 e. The fraction of sp³-hybridized carbons (Fsp3) is 0.562. The summed E-state index contributed by atoms with van der Waals surface area (Å²) in [6.07, 6.45) is 2.04. The summed E-state index contributed by atoms with van der Waals surface area (Å²) in [5.41, 5.74) is 0. The molecule has 1 saturated heterocycles. The topological polar surface area (TPSA) is 78.5 Å². The van der Waals surface area contributed by atoms with Gasteiger partial charge in [-0.15, -0.1) is 0 Å². The number of rotatable bonds is 8. The molecule has 1 aliphatic rings. The molecule has 1 amide bonds. The van der Waals surface area contributed by atoms with Gasteiger partial charge in [0, 0.05) is 32.1 Å².